The van der Waals surface area contributed by atoms with Gasteiger partial charge in [0.15, 0.2) is 6.61 Å². The van der Waals surface area contributed by atoms with Crippen molar-refractivity contribution in [3.63, 3.8) is 0 Å². The van der Waals surface area contributed by atoms with Gasteiger partial charge < -0.3 is 19.6 Å². The van der Waals surface area contributed by atoms with Crippen molar-refractivity contribution >= 4 is 5.91 Å². The molecule has 0 unspecified atom stereocenters. The number of hydrogen-bond acceptors (Lipinski definition) is 4. The minimum atomic E-state index is -1.07. The smallest absolute Gasteiger partial charge is 0.258 e. The second kappa shape index (κ2) is 6.95. The first-order valence-corrected chi connectivity index (χ1v) is 6.74. The Kier molecular flexibility index (Phi) is 5.00. The third kappa shape index (κ3) is 5.31. The van der Waals surface area contributed by atoms with Crippen LogP contribution in [0.2, 0.25) is 0 Å². The Bertz CT molecular complexity index is 549. The summed E-state index contributed by atoms with van der Waals surface area (Å²) in [6.45, 7) is 1.69. The number of aliphatic hydroxyl groups is 1. The summed E-state index contributed by atoms with van der Waals surface area (Å²) in [4.78, 5) is 11.7. The summed E-state index contributed by atoms with van der Waals surface area (Å²) in [7, 11) is 0. The van der Waals surface area contributed by atoms with Crippen LogP contribution < -0.4 is 10.1 Å². The van der Waals surface area contributed by atoms with Crippen molar-refractivity contribution in [2.24, 2.45) is 0 Å². The first-order valence-electron chi connectivity index (χ1n) is 6.74. The van der Waals surface area contributed by atoms with Crippen LogP contribution in [-0.2, 0) is 11.2 Å². The van der Waals surface area contributed by atoms with Crippen LogP contribution in [0.5, 0.6) is 5.75 Å². The summed E-state index contributed by atoms with van der Waals surface area (Å²) in [6.07, 6.45) is 1.89. The fraction of sp³-hybridized carbons (Fsp3) is 0.312. The summed E-state index contributed by atoms with van der Waals surface area (Å²) in [5.41, 5.74) is -1.07. The van der Waals surface area contributed by atoms with E-state index in [9.17, 15) is 9.90 Å². The van der Waals surface area contributed by atoms with Crippen LogP contribution in [0.3, 0.4) is 0 Å². The molecule has 1 aromatic heterocycles. The average Bonchev–Trinajstić information content (AvgIpc) is 2.96. The predicted octanol–water partition coefficient (Wildman–Crippen LogP) is 1.77. The summed E-state index contributed by atoms with van der Waals surface area (Å²) >= 11 is 0. The molecule has 5 nitrogen and oxygen atoms in total. The molecule has 1 heterocycles. The summed E-state index contributed by atoms with van der Waals surface area (Å²) < 4.78 is 10.5. The predicted molar refractivity (Wildman–Crippen MR) is 78.0 cm³/mol. The van der Waals surface area contributed by atoms with E-state index >= 15 is 0 Å². The molecule has 112 valence electrons. The van der Waals surface area contributed by atoms with Gasteiger partial charge >= 0.3 is 0 Å². The number of para-hydroxylation sites is 1. The van der Waals surface area contributed by atoms with Gasteiger partial charge in [-0.3, -0.25) is 4.79 Å². The quantitative estimate of drug-likeness (QED) is 0.815. The Hall–Kier alpha value is -2.27. The van der Waals surface area contributed by atoms with Crippen molar-refractivity contribution in [2.45, 2.75) is 18.9 Å². The van der Waals surface area contributed by atoms with Crippen LogP contribution in [0.4, 0.5) is 0 Å². The van der Waals surface area contributed by atoms with Crippen molar-refractivity contribution in [1.29, 1.82) is 0 Å². The van der Waals surface area contributed by atoms with Gasteiger partial charge in [-0.2, -0.15) is 0 Å². The zero-order chi connectivity index (χ0) is 15.1. The van der Waals surface area contributed by atoms with E-state index in [4.69, 9.17) is 9.15 Å². The average molecular weight is 289 g/mol. The fourth-order valence-electron chi connectivity index (χ4n) is 1.86. The van der Waals surface area contributed by atoms with Gasteiger partial charge in [0.2, 0.25) is 0 Å². The van der Waals surface area contributed by atoms with Crippen molar-refractivity contribution in [1.82, 2.24) is 5.32 Å². The molecule has 1 aromatic carbocycles. The van der Waals surface area contributed by atoms with E-state index < -0.39 is 5.60 Å². The number of ether oxygens (including phenoxy) is 1. The Labute approximate surface area is 123 Å². The third-order valence-corrected chi connectivity index (χ3v) is 2.91. The Morgan fingerprint density at radius 2 is 2.05 bits per heavy atom. The number of benzene rings is 1. The second-order valence-electron chi connectivity index (χ2n) is 5.13. The first-order chi connectivity index (χ1) is 10.1. The second-order valence-corrected chi connectivity index (χ2v) is 5.13. The minimum Gasteiger partial charge on any atom is -0.484 e. The number of nitrogens with one attached hydrogen (secondary N) is 1. The Morgan fingerprint density at radius 3 is 2.71 bits per heavy atom. The van der Waals surface area contributed by atoms with E-state index in [1.54, 1.807) is 37.5 Å². The van der Waals surface area contributed by atoms with E-state index in [2.05, 4.69) is 5.32 Å². The molecule has 0 radical (unpaired) electrons. The van der Waals surface area contributed by atoms with Crippen molar-refractivity contribution < 1.29 is 19.1 Å². The van der Waals surface area contributed by atoms with Gasteiger partial charge in [-0.15, -0.1) is 0 Å². The zero-order valence-electron chi connectivity index (χ0n) is 11.9. The van der Waals surface area contributed by atoms with E-state index in [1.165, 1.54) is 0 Å². The molecule has 0 aliphatic rings. The lowest BCUT2D eigenvalue weighted by atomic mass is 10.0. The highest BCUT2D eigenvalue weighted by atomic mass is 16.5. The maximum atomic E-state index is 11.7. The van der Waals surface area contributed by atoms with Gasteiger partial charge in [-0.05, 0) is 31.2 Å². The minimum absolute atomic E-state index is 0.0825. The molecule has 1 atom stereocenters. The van der Waals surface area contributed by atoms with E-state index in [0.717, 1.165) is 0 Å². The van der Waals surface area contributed by atoms with Crippen LogP contribution >= 0.6 is 0 Å². The Balaban J connectivity index is 1.73. The van der Waals surface area contributed by atoms with Gasteiger partial charge in [0.1, 0.15) is 11.5 Å². The summed E-state index contributed by atoms with van der Waals surface area (Å²) in [5.74, 6) is 1.03. The normalized spacial score (nSPS) is 13.4. The highest BCUT2D eigenvalue weighted by molar-refractivity contribution is 5.77. The highest BCUT2D eigenvalue weighted by Crippen LogP contribution is 2.12. The van der Waals surface area contributed by atoms with Crippen molar-refractivity contribution in [2.75, 3.05) is 13.2 Å². The molecule has 0 saturated heterocycles. The topological polar surface area (TPSA) is 71.7 Å². The molecule has 2 aromatic rings. The third-order valence-electron chi connectivity index (χ3n) is 2.91. The molecule has 0 aliphatic heterocycles. The number of hydrogen-bond donors (Lipinski definition) is 2. The fourth-order valence-corrected chi connectivity index (χ4v) is 1.86. The van der Waals surface area contributed by atoms with Crippen LogP contribution in [-0.4, -0.2) is 29.8 Å². The van der Waals surface area contributed by atoms with Crippen molar-refractivity contribution in [3.8, 4) is 5.75 Å². The molecule has 5 heteroatoms. The maximum Gasteiger partial charge on any atom is 0.258 e. The molecule has 2 N–H and O–H groups in total. The van der Waals surface area contributed by atoms with Crippen molar-refractivity contribution in [3.05, 3.63) is 54.5 Å². The van der Waals surface area contributed by atoms with Crippen LogP contribution in [0, 0.1) is 0 Å². The molecular formula is C16H19NO4. The van der Waals surface area contributed by atoms with Gasteiger partial charge in [-0.1, -0.05) is 18.2 Å². The molecule has 2 rings (SSSR count). The lowest BCUT2D eigenvalue weighted by Gasteiger charge is -2.22. The molecule has 0 saturated carbocycles. The van der Waals surface area contributed by atoms with Crippen LogP contribution in [0.1, 0.15) is 12.7 Å². The number of carbonyl (C=O) groups is 1. The summed E-state index contributed by atoms with van der Waals surface area (Å²) in [5, 5.41) is 12.9. The number of amides is 1. The largest absolute Gasteiger partial charge is 0.484 e. The molecule has 1 amide bonds. The van der Waals surface area contributed by atoms with E-state index in [0.29, 0.717) is 17.9 Å². The molecule has 0 aliphatic carbocycles. The number of furan rings is 1. The highest BCUT2D eigenvalue weighted by Gasteiger charge is 2.23. The van der Waals surface area contributed by atoms with Gasteiger partial charge in [0.05, 0.1) is 11.9 Å². The molecule has 21 heavy (non-hydrogen) atoms. The van der Waals surface area contributed by atoms with Gasteiger partial charge in [0.25, 0.3) is 5.91 Å². The molecule has 0 fully saturated rings. The standard InChI is InChI=1S/C16H19NO4/c1-16(19,10-14-8-5-9-20-14)12-17-15(18)11-21-13-6-3-2-4-7-13/h2-9,19H,10-12H2,1H3,(H,17,18)/t16-/m0/s1. The number of carbonyl (C=O) groups excluding carboxylic acids is 1. The van der Waals surface area contributed by atoms with E-state index in [1.807, 2.05) is 18.2 Å². The molecule has 0 spiro atoms. The number of rotatable bonds is 7. The lowest BCUT2D eigenvalue weighted by Crippen LogP contribution is -2.43. The van der Waals surface area contributed by atoms with Crippen LogP contribution in [0.15, 0.2) is 53.1 Å². The monoisotopic (exact) mass is 289 g/mol. The first kappa shape index (κ1) is 15.1. The van der Waals surface area contributed by atoms with Gasteiger partial charge in [-0.25, -0.2) is 0 Å². The van der Waals surface area contributed by atoms with Gasteiger partial charge in [0, 0.05) is 13.0 Å². The Morgan fingerprint density at radius 1 is 1.29 bits per heavy atom. The molecular weight excluding hydrogens is 270 g/mol. The maximum absolute atomic E-state index is 11.7. The molecule has 0 bridgehead atoms. The zero-order valence-corrected chi connectivity index (χ0v) is 11.9. The lowest BCUT2D eigenvalue weighted by molar-refractivity contribution is -0.124. The van der Waals surface area contributed by atoms with E-state index in [-0.39, 0.29) is 19.1 Å². The SMILES string of the molecule is C[C@@](O)(CNC(=O)COc1ccccc1)Cc1ccco1. The summed E-state index contributed by atoms with van der Waals surface area (Å²) in [6, 6.07) is 12.6. The van der Waals surface area contributed by atoms with Crippen LogP contribution in [0.25, 0.3) is 0 Å².